The largest absolute Gasteiger partial charge is 0.315 e. The summed E-state index contributed by atoms with van der Waals surface area (Å²) in [6.07, 6.45) is 4.56. The highest BCUT2D eigenvalue weighted by atomic mass is 35.5. The van der Waals surface area contributed by atoms with Gasteiger partial charge in [0.1, 0.15) is 0 Å². The summed E-state index contributed by atoms with van der Waals surface area (Å²) in [5.41, 5.74) is 13.0. The highest BCUT2D eigenvalue weighted by Crippen LogP contribution is 2.18. The Morgan fingerprint density at radius 2 is 2.00 bits per heavy atom. The Morgan fingerprint density at radius 3 is 2.54 bits per heavy atom. The zero-order valence-corrected chi connectivity index (χ0v) is 7.92. The van der Waals surface area contributed by atoms with Crippen LogP contribution in [0.5, 0.6) is 0 Å². The lowest BCUT2D eigenvalue weighted by molar-refractivity contribution is 0.551. The zero-order chi connectivity index (χ0) is 8.39. The summed E-state index contributed by atoms with van der Waals surface area (Å²) in [6, 6.07) is 4.32. The minimum absolute atomic E-state index is 0. The fourth-order valence-electron chi connectivity index (χ4n) is 1.39. The summed E-state index contributed by atoms with van der Waals surface area (Å²) >= 11 is 0. The van der Waals surface area contributed by atoms with Crippen LogP contribution in [0.25, 0.3) is 0 Å². The minimum atomic E-state index is 0. The van der Waals surface area contributed by atoms with Crippen LogP contribution >= 0.6 is 12.4 Å². The third kappa shape index (κ3) is 2.38. The van der Waals surface area contributed by atoms with Gasteiger partial charge in [0, 0.05) is 18.4 Å². The van der Waals surface area contributed by atoms with E-state index in [4.69, 9.17) is 5.73 Å². The predicted octanol–water partition coefficient (Wildman–Crippen LogP) is 0.327. The topological polar surface area (TPSA) is 63.0 Å². The Kier molecular flexibility index (Phi) is 3.62. The molecule has 1 saturated heterocycles. The molecule has 4 N–H and O–H groups in total. The summed E-state index contributed by atoms with van der Waals surface area (Å²) in [5.74, 6) is 0. The Hall–Kier alpha value is -0.680. The van der Waals surface area contributed by atoms with Crippen molar-refractivity contribution in [2.45, 2.75) is 18.6 Å². The number of halogens is 1. The molecule has 0 bridgehead atoms. The van der Waals surface area contributed by atoms with Gasteiger partial charge in [-0.25, -0.2) is 10.9 Å². The molecule has 0 saturated carbocycles. The van der Waals surface area contributed by atoms with Gasteiger partial charge in [-0.1, -0.05) is 0 Å². The summed E-state index contributed by atoms with van der Waals surface area (Å²) in [5, 5.41) is 0. The molecule has 0 aliphatic carbocycles. The Labute approximate surface area is 83.3 Å². The molecule has 1 aromatic rings. The first-order valence-electron chi connectivity index (χ1n) is 4.03. The van der Waals surface area contributed by atoms with Gasteiger partial charge >= 0.3 is 0 Å². The highest BCUT2D eigenvalue weighted by molar-refractivity contribution is 5.85. The van der Waals surface area contributed by atoms with E-state index in [0.717, 1.165) is 6.42 Å². The SMILES string of the molecule is Cl.NC1CC(c2ccncc2)NN1. The number of pyridine rings is 1. The van der Waals surface area contributed by atoms with Crippen molar-refractivity contribution in [3.05, 3.63) is 30.1 Å². The molecule has 1 aliphatic rings. The lowest BCUT2D eigenvalue weighted by atomic mass is 10.1. The Bertz CT molecular complexity index is 254. The predicted molar refractivity (Wildman–Crippen MR) is 53.1 cm³/mol. The molecule has 13 heavy (non-hydrogen) atoms. The molecule has 2 unspecified atom stereocenters. The fourth-order valence-corrected chi connectivity index (χ4v) is 1.39. The van der Waals surface area contributed by atoms with Gasteiger partial charge in [-0.05, 0) is 24.1 Å². The third-order valence-electron chi connectivity index (χ3n) is 2.04. The van der Waals surface area contributed by atoms with E-state index in [2.05, 4.69) is 15.8 Å². The molecular formula is C8H13ClN4. The second-order valence-electron chi connectivity index (χ2n) is 2.96. The molecule has 1 aromatic heterocycles. The Morgan fingerprint density at radius 1 is 1.31 bits per heavy atom. The maximum absolute atomic E-state index is 5.67. The number of hydrazine groups is 1. The molecule has 5 heteroatoms. The van der Waals surface area contributed by atoms with Crippen LogP contribution in [0.2, 0.25) is 0 Å². The number of nitrogens with one attached hydrogen (secondary N) is 2. The van der Waals surface area contributed by atoms with Gasteiger partial charge in [0.25, 0.3) is 0 Å². The number of hydrogen-bond donors (Lipinski definition) is 3. The van der Waals surface area contributed by atoms with Crippen LogP contribution in [-0.4, -0.2) is 11.1 Å². The molecule has 1 aliphatic heterocycles. The monoisotopic (exact) mass is 200 g/mol. The van der Waals surface area contributed by atoms with Crippen molar-refractivity contribution in [1.82, 2.24) is 15.8 Å². The van der Waals surface area contributed by atoms with Crippen molar-refractivity contribution in [3.63, 3.8) is 0 Å². The fraction of sp³-hybridized carbons (Fsp3) is 0.375. The van der Waals surface area contributed by atoms with Crippen molar-refractivity contribution in [2.75, 3.05) is 0 Å². The average molecular weight is 201 g/mol. The second kappa shape index (κ2) is 4.53. The van der Waals surface area contributed by atoms with Gasteiger partial charge in [0.15, 0.2) is 0 Å². The van der Waals surface area contributed by atoms with Crippen LogP contribution in [0.4, 0.5) is 0 Å². The molecule has 0 aromatic carbocycles. The van der Waals surface area contributed by atoms with Gasteiger partial charge in [-0.15, -0.1) is 12.4 Å². The summed E-state index contributed by atoms with van der Waals surface area (Å²) in [7, 11) is 0. The van der Waals surface area contributed by atoms with Gasteiger partial charge in [-0.2, -0.15) is 0 Å². The summed E-state index contributed by atoms with van der Waals surface area (Å²) in [4.78, 5) is 3.96. The van der Waals surface area contributed by atoms with Crippen LogP contribution in [0, 0.1) is 0 Å². The van der Waals surface area contributed by atoms with E-state index < -0.39 is 0 Å². The summed E-state index contributed by atoms with van der Waals surface area (Å²) in [6.45, 7) is 0. The van der Waals surface area contributed by atoms with Crippen molar-refractivity contribution in [2.24, 2.45) is 5.73 Å². The molecular weight excluding hydrogens is 188 g/mol. The van der Waals surface area contributed by atoms with Gasteiger partial charge in [0.2, 0.25) is 0 Å². The number of rotatable bonds is 1. The molecule has 2 atom stereocenters. The van der Waals surface area contributed by atoms with Crippen molar-refractivity contribution >= 4 is 12.4 Å². The van der Waals surface area contributed by atoms with E-state index in [1.807, 2.05) is 12.1 Å². The van der Waals surface area contributed by atoms with Crippen molar-refractivity contribution in [3.8, 4) is 0 Å². The number of hydrogen-bond acceptors (Lipinski definition) is 4. The minimum Gasteiger partial charge on any atom is -0.315 e. The van der Waals surface area contributed by atoms with Crippen LogP contribution in [0.15, 0.2) is 24.5 Å². The van der Waals surface area contributed by atoms with Crippen molar-refractivity contribution in [1.29, 1.82) is 0 Å². The van der Waals surface area contributed by atoms with Crippen LogP contribution in [0.3, 0.4) is 0 Å². The maximum atomic E-state index is 5.67. The van der Waals surface area contributed by atoms with E-state index in [0.29, 0.717) is 6.04 Å². The van der Waals surface area contributed by atoms with E-state index in [1.54, 1.807) is 12.4 Å². The molecule has 0 radical (unpaired) electrons. The highest BCUT2D eigenvalue weighted by Gasteiger charge is 2.21. The van der Waals surface area contributed by atoms with E-state index in [1.165, 1.54) is 5.56 Å². The first kappa shape index (κ1) is 10.4. The van der Waals surface area contributed by atoms with Crippen LogP contribution in [-0.2, 0) is 0 Å². The first-order valence-corrected chi connectivity index (χ1v) is 4.03. The average Bonchev–Trinajstić information content (AvgIpc) is 2.54. The van der Waals surface area contributed by atoms with Gasteiger partial charge in [0.05, 0.1) is 6.17 Å². The number of aromatic nitrogens is 1. The molecule has 1 fully saturated rings. The lowest BCUT2D eigenvalue weighted by Gasteiger charge is -2.07. The van der Waals surface area contributed by atoms with E-state index in [9.17, 15) is 0 Å². The van der Waals surface area contributed by atoms with Crippen molar-refractivity contribution < 1.29 is 0 Å². The van der Waals surface area contributed by atoms with Crippen LogP contribution < -0.4 is 16.6 Å². The maximum Gasteiger partial charge on any atom is 0.0698 e. The number of nitrogens with zero attached hydrogens (tertiary/aromatic N) is 1. The first-order chi connectivity index (χ1) is 5.86. The molecule has 2 rings (SSSR count). The van der Waals surface area contributed by atoms with Gasteiger partial charge < -0.3 is 5.73 Å². The lowest BCUT2D eigenvalue weighted by Crippen LogP contribution is -2.36. The molecule has 2 heterocycles. The zero-order valence-electron chi connectivity index (χ0n) is 7.10. The second-order valence-corrected chi connectivity index (χ2v) is 2.96. The molecule has 4 nitrogen and oxygen atoms in total. The quantitative estimate of drug-likeness (QED) is 0.612. The number of nitrogens with two attached hydrogens (primary N) is 1. The normalized spacial score (nSPS) is 26.8. The summed E-state index contributed by atoms with van der Waals surface area (Å²) < 4.78 is 0. The third-order valence-corrected chi connectivity index (χ3v) is 2.04. The Balaban J connectivity index is 0.000000845. The smallest absolute Gasteiger partial charge is 0.0698 e. The van der Waals surface area contributed by atoms with Crippen LogP contribution in [0.1, 0.15) is 18.0 Å². The van der Waals surface area contributed by atoms with E-state index in [-0.39, 0.29) is 18.6 Å². The molecule has 72 valence electrons. The standard InChI is InChI=1S/C8H12N4.ClH/c9-8-5-7(11-12-8)6-1-3-10-4-2-6;/h1-4,7-8,11-12H,5,9H2;1H. The van der Waals surface area contributed by atoms with E-state index >= 15 is 0 Å². The molecule has 0 spiro atoms. The molecule has 0 amide bonds. The van der Waals surface area contributed by atoms with Gasteiger partial charge in [-0.3, -0.25) is 4.98 Å².